The molecule has 0 saturated carbocycles. The first-order valence-electron chi connectivity index (χ1n) is 12.2. The van der Waals surface area contributed by atoms with E-state index in [2.05, 4.69) is 21.9 Å². The third kappa shape index (κ3) is 5.06. The van der Waals surface area contributed by atoms with Crippen LogP contribution in [0.5, 0.6) is 11.8 Å². The molecule has 1 fully saturated rings. The van der Waals surface area contributed by atoms with Crippen LogP contribution in [-0.4, -0.2) is 51.6 Å². The number of aromatic nitrogens is 3. The standard InChI is InChI=1S/C26H25F4N5O4/c1-12-4-2-3-5-35(10-12)24-16-9-32-21(20(30)22(16)33-25(34-24)39-26(36)37)15-8-14(31)6-13-7-17(28)19(29)23(18(13)15)38-11-27/h6-9,12,26,36-37H,2-5,10-11,31H2,1H3. The minimum absolute atomic E-state index is 0.0306. The van der Waals surface area contributed by atoms with Gasteiger partial charge >= 0.3 is 12.5 Å². The second-order valence-corrected chi connectivity index (χ2v) is 9.43. The van der Waals surface area contributed by atoms with Crippen LogP contribution in [0.1, 0.15) is 26.2 Å². The molecule has 1 aliphatic heterocycles. The maximum atomic E-state index is 16.3. The summed E-state index contributed by atoms with van der Waals surface area (Å²) in [5, 5.41) is 18.8. The smallest absolute Gasteiger partial charge is 0.323 e. The Morgan fingerprint density at radius 2 is 1.92 bits per heavy atom. The number of nitrogen functional groups attached to an aromatic ring is 1. The van der Waals surface area contributed by atoms with Gasteiger partial charge in [0.25, 0.3) is 0 Å². The number of aliphatic hydroxyl groups is 2. The van der Waals surface area contributed by atoms with E-state index in [1.54, 1.807) is 0 Å². The first kappa shape index (κ1) is 26.6. The maximum Gasteiger partial charge on any atom is 0.323 e. The van der Waals surface area contributed by atoms with Crippen LogP contribution >= 0.6 is 0 Å². The lowest BCUT2D eigenvalue weighted by atomic mass is 9.98. The molecule has 1 aliphatic rings. The molecule has 5 rings (SSSR count). The van der Waals surface area contributed by atoms with Crippen molar-refractivity contribution in [2.75, 3.05) is 30.6 Å². The topological polar surface area (TPSA) is 127 Å². The molecule has 1 unspecified atom stereocenters. The Balaban J connectivity index is 1.78. The van der Waals surface area contributed by atoms with Gasteiger partial charge in [-0.05, 0) is 42.3 Å². The molecule has 1 saturated heterocycles. The Hall–Kier alpha value is -3.97. The molecule has 0 bridgehead atoms. The fourth-order valence-electron chi connectivity index (χ4n) is 4.99. The van der Waals surface area contributed by atoms with Crippen molar-refractivity contribution in [3.63, 3.8) is 0 Å². The van der Waals surface area contributed by atoms with E-state index in [1.807, 2.05) is 4.90 Å². The second-order valence-electron chi connectivity index (χ2n) is 9.43. The number of nitrogens with zero attached hydrogens (tertiary/aromatic N) is 4. The Kier molecular flexibility index (Phi) is 7.28. The number of hydrogen-bond acceptors (Lipinski definition) is 9. The third-order valence-corrected chi connectivity index (χ3v) is 6.62. The summed E-state index contributed by atoms with van der Waals surface area (Å²) >= 11 is 0. The molecular weight excluding hydrogens is 522 g/mol. The minimum Gasteiger partial charge on any atom is -0.459 e. The van der Waals surface area contributed by atoms with Gasteiger partial charge < -0.3 is 30.3 Å². The Morgan fingerprint density at radius 1 is 1.13 bits per heavy atom. The molecule has 1 atom stereocenters. The summed E-state index contributed by atoms with van der Waals surface area (Å²) in [5.74, 6) is -3.93. The second kappa shape index (κ2) is 10.7. The van der Waals surface area contributed by atoms with Crippen LogP contribution in [0.4, 0.5) is 29.1 Å². The summed E-state index contributed by atoms with van der Waals surface area (Å²) in [6, 6.07) is 2.92. The predicted octanol–water partition coefficient (Wildman–Crippen LogP) is 4.42. The Labute approximate surface area is 219 Å². The molecule has 0 spiro atoms. The van der Waals surface area contributed by atoms with E-state index in [9.17, 15) is 23.4 Å². The van der Waals surface area contributed by atoms with Gasteiger partial charge in [-0.2, -0.15) is 14.4 Å². The monoisotopic (exact) mass is 547 g/mol. The Morgan fingerprint density at radius 3 is 2.67 bits per heavy atom. The van der Waals surface area contributed by atoms with Gasteiger partial charge in [-0.15, -0.1) is 0 Å². The van der Waals surface area contributed by atoms with Gasteiger partial charge in [0, 0.05) is 35.9 Å². The summed E-state index contributed by atoms with van der Waals surface area (Å²) in [7, 11) is 0. The third-order valence-electron chi connectivity index (χ3n) is 6.62. The summed E-state index contributed by atoms with van der Waals surface area (Å²) < 4.78 is 67.9. The zero-order chi connectivity index (χ0) is 27.8. The van der Waals surface area contributed by atoms with Gasteiger partial charge in [0.15, 0.2) is 17.4 Å². The summed E-state index contributed by atoms with van der Waals surface area (Å²) in [5.41, 5.74) is 5.32. The van der Waals surface area contributed by atoms with Crippen LogP contribution in [0.2, 0.25) is 0 Å². The number of pyridine rings is 1. The average molecular weight is 548 g/mol. The predicted molar refractivity (Wildman–Crippen MR) is 135 cm³/mol. The van der Waals surface area contributed by atoms with Crippen molar-refractivity contribution in [1.82, 2.24) is 15.0 Å². The highest BCUT2D eigenvalue weighted by atomic mass is 19.2. The number of aliphatic hydroxyl groups excluding tert-OH is 1. The van der Waals surface area contributed by atoms with E-state index in [0.717, 1.165) is 25.3 Å². The van der Waals surface area contributed by atoms with E-state index in [4.69, 9.17) is 15.2 Å². The molecule has 4 N–H and O–H groups in total. The number of alkyl halides is 1. The highest BCUT2D eigenvalue weighted by Gasteiger charge is 2.26. The quantitative estimate of drug-likeness (QED) is 0.183. The molecule has 0 amide bonds. The molecule has 0 aliphatic carbocycles. The number of rotatable bonds is 6. The zero-order valence-corrected chi connectivity index (χ0v) is 20.8. The number of halogens is 4. The minimum atomic E-state index is -2.26. The number of ether oxygens (including phenoxy) is 2. The first-order chi connectivity index (χ1) is 18.7. The number of nitrogens with two attached hydrogens (primary N) is 1. The fraction of sp³-hybridized carbons (Fsp3) is 0.346. The van der Waals surface area contributed by atoms with Crippen molar-refractivity contribution in [3.05, 3.63) is 41.8 Å². The van der Waals surface area contributed by atoms with Gasteiger partial charge in [0.2, 0.25) is 12.7 Å². The molecule has 4 aromatic rings. The lowest BCUT2D eigenvalue weighted by Crippen LogP contribution is -2.29. The fourth-order valence-corrected chi connectivity index (χ4v) is 4.99. The van der Waals surface area contributed by atoms with Crippen LogP contribution in [0.3, 0.4) is 0 Å². The van der Waals surface area contributed by atoms with Gasteiger partial charge in [-0.1, -0.05) is 13.3 Å². The van der Waals surface area contributed by atoms with Crippen molar-refractivity contribution < 1.29 is 37.2 Å². The molecule has 2 aromatic heterocycles. The highest BCUT2D eigenvalue weighted by molar-refractivity contribution is 6.04. The average Bonchev–Trinajstić information content (AvgIpc) is 3.10. The molecule has 39 heavy (non-hydrogen) atoms. The van der Waals surface area contributed by atoms with E-state index < -0.39 is 42.5 Å². The number of anilines is 2. The lowest BCUT2D eigenvalue weighted by Gasteiger charge is -2.25. The first-order valence-corrected chi connectivity index (χ1v) is 12.2. The number of hydrogen-bond donors (Lipinski definition) is 3. The molecule has 206 valence electrons. The van der Waals surface area contributed by atoms with Gasteiger partial charge in [0.1, 0.15) is 17.0 Å². The van der Waals surface area contributed by atoms with Crippen molar-refractivity contribution in [2.45, 2.75) is 32.7 Å². The molecular formula is C26H25F4N5O4. The molecule has 13 heteroatoms. The van der Waals surface area contributed by atoms with Crippen LogP contribution in [0.15, 0.2) is 24.4 Å². The molecule has 0 radical (unpaired) electrons. The van der Waals surface area contributed by atoms with Crippen LogP contribution in [-0.2, 0) is 0 Å². The van der Waals surface area contributed by atoms with Crippen LogP contribution < -0.4 is 20.1 Å². The van der Waals surface area contributed by atoms with Crippen molar-refractivity contribution in [3.8, 4) is 23.0 Å². The Bertz CT molecular complexity index is 1560. The molecule has 3 heterocycles. The lowest BCUT2D eigenvalue weighted by molar-refractivity contribution is -0.183. The zero-order valence-electron chi connectivity index (χ0n) is 20.8. The number of benzene rings is 2. The highest BCUT2D eigenvalue weighted by Crippen LogP contribution is 2.42. The SMILES string of the molecule is CC1CCCCN(c2nc(OC(O)O)nc3c(F)c(-c4cc(N)cc5cc(F)c(F)c(OCF)c45)ncc23)C1. The maximum absolute atomic E-state index is 16.3. The van der Waals surface area contributed by atoms with Crippen molar-refractivity contribution in [2.24, 2.45) is 5.92 Å². The van der Waals surface area contributed by atoms with Gasteiger partial charge in [-0.3, -0.25) is 4.98 Å². The largest absolute Gasteiger partial charge is 0.459 e. The van der Waals surface area contributed by atoms with Crippen LogP contribution in [0, 0.1) is 23.4 Å². The molecule has 2 aromatic carbocycles. The van der Waals surface area contributed by atoms with Gasteiger partial charge in [-0.25, -0.2) is 13.2 Å². The summed E-state index contributed by atoms with van der Waals surface area (Å²) in [6.07, 6.45) is 4.18. The van der Waals surface area contributed by atoms with Crippen LogP contribution in [0.25, 0.3) is 32.9 Å². The van der Waals surface area contributed by atoms with Gasteiger partial charge in [0.05, 0.1) is 5.39 Å². The van der Waals surface area contributed by atoms with E-state index in [1.165, 1.54) is 18.3 Å². The van der Waals surface area contributed by atoms with E-state index in [-0.39, 0.29) is 44.4 Å². The van der Waals surface area contributed by atoms with Crippen molar-refractivity contribution >= 4 is 33.2 Å². The van der Waals surface area contributed by atoms with Crippen molar-refractivity contribution in [1.29, 1.82) is 0 Å². The summed E-state index contributed by atoms with van der Waals surface area (Å²) in [6.45, 7) is -0.445. The summed E-state index contributed by atoms with van der Waals surface area (Å²) in [4.78, 5) is 14.5. The normalized spacial score (nSPS) is 16.2. The number of fused-ring (bicyclic) bond motifs is 2. The van der Waals surface area contributed by atoms with E-state index >= 15 is 4.39 Å². The molecule has 9 nitrogen and oxygen atoms in total. The van der Waals surface area contributed by atoms with E-state index in [0.29, 0.717) is 19.0 Å².